The van der Waals surface area contributed by atoms with Crippen LogP contribution in [0.5, 0.6) is 0 Å². The highest BCUT2D eigenvalue weighted by atomic mass is 14.7. The molecule has 0 fully saturated rings. The van der Waals surface area contributed by atoms with E-state index in [9.17, 15) is 0 Å². The molecule has 2 aromatic carbocycles. The number of aliphatic imine (C=N–C) groups is 1. The number of benzene rings is 2. The Bertz CT molecular complexity index is 483. The minimum Gasteiger partial charge on any atom is -0.256 e. The molecule has 0 saturated heterocycles. The molecule has 0 radical (unpaired) electrons. The first-order valence-electron chi connectivity index (χ1n) is 6.56. The molecule has 2 aromatic rings. The summed E-state index contributed by atoms with van der Waals surface area (Å²) >= 11 is 0. The average molecular weight is 237 g/mol. The Kier molecular flexibility index (Phi) is 4.71. The van der Waals surface area contributed by atoms with Gasteiger partial charge in [0.25, 0.3) is 0 Å². The number of hydrogen-bond donors (Lipinski definition) is 0. The molecule has 0 aliphatic carbocycles. The van der Waals surface area contributed by atoms with E-state index in [1.807, 2.05) is 24.4 Å². The molecule has 0 amide bonds. The van der Waals surface area contributed by atoms with Gasteiger partial charge in [0.2, 0.25) is 0 Å². The summed E-state index contributed by atoms with van der Waals surface area (Å²) in [6.07, 6.45) is 5.57. The molecule has 1 heteroatoms. The van der Waals surface area contributed by atoms with Crippen LogP contribution in [0.1, 0.15) is 30.9 Å². The molecule has 0 unspecified atom stereocenters. The van der Waals surface area contributed by atoms with Gasteiger partial charge in [0.1, 0.15) is 0 Å². The summed E-state index contributed by atoms with van der Waals surface area (Å²) in [4.78, 5) is 4.47. The smallest absolute Gasteiger partial charge is 0.0630 e. The van der Waals surface area contributed by atoms with Crippen molar-refractivity contribution in [1.29, 1.82) is 0 Å². The van der Waals surface area contributed by atoms with Crippen LogP contribution >= 0.6 is 0 Å². The van der Waals surface area contributed by atoms with E-state index in [1.54, 1.807) is 0 Å². The lowest BCUT2D eigenvalue weighted by atomic mass is 10.1. The largest absolute Gasteiger partial charge is 0.256 e. The molecule has 0 atom stereocenters. The van der Waals surface area contributed by atoms with Gasteiger partial charge >= 0.3 is 0 Å². The highest BCUT2D eigenvalue weighted by Crippen LogP contribution is 2.14. The zero-order valence-electron chi connectivity index (χ0n) is 10.8. The fourth-order valence-electron chi connectivity index (χ4n) is 1.82. The van der Waals surface area contributed by atoms with E-state index in [-0.39, 0.29) is 0 Å². The molecule has 18 heavy (non-hydrogen) atoms. The molecule has 0 aromatic heterocycles. The van der Waals surface area contributed by atoms with Crippen molar-refractivity contribution in [3.63, 3.8) is 0 Å². The van der Waals surface area contributed by atoms with Crippen molar-refractivity contribution in [3.05, 3.63) is 65.7 Å². The molecule has 0 spiro atoms. The van der Waals surface area contributed by atoms with Crippen molar-refractivity contribution in [3.8, 4) is 0 Å². The second-order valence-electron chi connectivity index (χ2n) is 4.44. The Hall–Kier alpha value is -1.89. The van der Waals surface area contributed by atoms with Crippen LogP contribution < -0.4 is 0 Å². The summed E-state index contributed by atoms with van der Waals surface area (Å²) < 4.78 is 0. The molecule has 0 saturated carbocycles. The molecule has 0 heterocycles. The van der Waals surface area contributed by atoms with Crippen LogP contribution in [0.4, 0.5) is 5.69 Å². The van der Waals surface area contributed by atoms with E-state index in [0.717, 1.165) is 11.3 Å². The molecule has 1 nitrogen and oxygen atoms in total. The normalized spacial score (nSPS) is 10.9. The standard InChI is InChI=1S/C17H19N/c1-2-3-7-15-10-12-17(13-11-15)18-14-16-8-5-4-6-9-16/h4-6,8-14H,2-3,7H2,1H3. The molecule has 2 rings (SSSR count). The lowest BCUT2D eigenvalue weighted by Gasteiger charge is -2.00. The van der Waals surface area contributed by atoms with Gasteiger partial charge in [-0.25, -0.2) is 0 Å². The van der Waals surface area contributed by atoms with Gasteiger partial charge in [0.15, 0.2) is 0 Å². The Balaban J connectivity index is 2.00. The van der Waals surface area contributed by atoms with E-state index in [2.05, 4.69) is 48.3 Å². The number of aryl methyl sites for hydroxylation is 1. The maximum Gasteiger partial charge on any atom is 0.0630 e. The molecular weight excluding hydrogens is 218 g/mol. The average Bonchev–Trinajstić information content (AvgIpc) is 2.45. The van der Waals surface area contributed by atoms with Crippen LogP contribution in [-0.2, 0) is 6.42 Å². The predicted molar refractivity (Wildman–Crippen MR) is 78.8 cm³/mol. The van der Waals surface area contributed by atoms with Crippen molar-refractivity contribution < 1.29 is 0 Å². The highest BCUT2D eigenvalue weighted by Gasteiger charge is 1.93. The third-order valence-corrected chi connectivity index (χ3v) is 2.92. The van der Waals surface area contributed by atoms with Gasteiger partial charge in [-0.2, -0.15) is 0 Å². The zero-order valence-corrected chi connectivity index (χ0v) is 10.8. The van der Waals surface area contributed by atoms with E-state index in [4.69, 9.17) is 0 Å². The molecule has 92 valence electrons. The van der Waals surface area contributed by atoms with Gasteiger partial charge in [-0.15, -0.1) is 0 Å². The van der Waals surface area contributed by atoms with E-state index >= 15 is 0 Å². The zero-order chi connectivity index (χ0) is 12.6. The Labute approximate surface area is 109 Å². The number of unbranched alkanes of at least 4 members (excludes halogenated alkanes) is 1. The number of rotatable bonds is 5. The third kappa shape index (κ3) is 3.85. The predicted octanol–water partition coefficient (Wildman–Crippen LogP) is 4.78. The van der Waals surface area contributed by atoms with Gasteiger partial charge in [0, 0.05) is 6.21 Å². The molecule has 0 aliphatic heterocycles. The SMILES string of the molecule is CCCCc1ccc(N=Cc2ccccc2)cc1. The summed E-state index contributed by atoms with van der Waals surface area (Å²) in [6, 6.07) is 18.7. The van der Waals surface area contributed by atoms with Crippen molar-refractivity contribution in [2.75, 3.05) is 0 Å². The van der Waals surface area contributed by atoms with Gasteiger partial charge in [-0.3, -0.25) is 4.99 Å². The van der Waals surface area contributed by atoms with E-state index < -0.39 is 0 Å². The van der Waals surface area contributed by atoms with Gasteiger partial charge in [0.05, 0.1) is 5.69 Å². The molecule has 0 aliphatic rings. The minimum atomic E-state index is 1.01. The minimum absolute atomic E-state index is 1.01. The van der Waals surface area contributed by atoms with Crippen LogP contribution in [0, 0.1) is 0 Å². The Morgan fingerprint density at radius 1 is 0.944 bits per heavy atom. The lowest BCUT2D eigenvalue weighted by Crippen LogP contribution is -1.83. The second-order valence-corrected chi connectivity index (χ2v) is 4.44. The molecular formula is C17H19N. The maximum absolute atomic E-state index is 4.47. The topological polar surface area (TPSA) is 12.4 Å². The van der Waals surface area contributed by atoms with E-state index in [0.29, 0.717) is 0 Å². The summed E-state index contributed by atoms with van der Waals surface area (Å²) in [6.45, 7) is 2.22. The van der Waals surface area contributed by atoms with Crippen molar-refractivity contribution in [2.24, 2.45) is 4.99 Å². The van der Waals surface area contributed by atoms with Crippen LogP contribution in [-0.4, -0.2) is 6.21 Å². The maximum atomic E-state index is 4.47. The fraction of sp³-hybridized carbons (Fsp3) is 0.235. The van der Waals surface area contributed by atoms with Crippen molar-refractivity contribution in [2.45, 2.75) is 26.2 Å². The lowest BCUT2D eigenvalue weighted by molar-refractivity contribution is 0.795. The summed E-state index contributed by atoms with van der Waals surface area (Å²) in [7, 11) is 0. The molecule has 0 N–H and O–H groups in total. The Morgan fingerprint density at radius 3 is 2.33 bits per heavy atom. The monoisotopic (exact) mass is 237 g/mol. The first-order valence-corrected chi connectivity index (χ1v) is 6.56. The van der Waals surface area contributed by atoms with Crippen LogP contribution in [0.15, 0.2) is 59.6 Å². The van der Waals surface area contributed by atoms with Crippen molar-refractivity contribution >= 4 is 11.9 Å². The highest BCUT2D eigenvalue weighted by molar-refractivity contribution is 5.81. The van der Waals surface area contributed by atoms with Crippen molar-refractivity contribution in [1.82, 2.24) is 0 Å². The Morgan fingerprint density at radius 2 is 1.67 bits per heavy atom. The van der Waals surface area contributed by atoms with Gasteiger partial charge in [-0.1, -0.05) is 55.8 Å². The van der Waals surface area contributed by atoms with Gasteiger partial charge < -0.3 is 0 Å². The number of hydrogen-bond acceptors (Lipinski definition) is 1. The fourth-order valence-corrected chi connectivity index (χ4v) is 1.82. The quantitative estimate of drug-likeness (QED) is 0.664. The molecule has 0 bridgehead atoms. The van der Waals surface area contributed by atoms with E-state index in [1.165, 1.54) is 24.8 Å². The third-order valence-electron chi connectivity index (χ3n) is 2.92. The summed E-state index contributed by atoms with van der Waals surface area (Å²) in [5.74, 6) is 0. The number of nitrogens with zero attached hydrogens (tertiary/aromatic N) is 1. The van der Waals surface area contributed by atoms with Crippen LogP contribution in [0.3, 0.4) is 0 Å². The van der Waals surface area contributed by atoms with Gasteiger partial charge in [-0.05, 0) is 36.1 Å². The summed E-state index contributed by atoms with van der Waals surface area (Å²) in [5, 5.41) is 0. The second kappa shape index (κ2) is 6.75. The first-order chi connectivity index (χ1) is 8.88. The van der Waals surface area contributed by atoms with Crippen LogP contribution in [0.2, 0.25) is 0 Å². The first kappa shape index (κ1) is 12.6. The summed E-state index contributed by atoms with van der Waals surface area (Å²) in [5.41, 5.74) is 3.54. The van der Waals surface area contributed by atoms with Crippen LogP contribution in [0.25, 0.3) is 0 Å².